The second-order valence-electron chi connectivity index (χ2n) is 5.12. The van der Waals surface area contributed by atoms with Gasteiger partial charge in [-0.05, 0) is 30.5 Å². The van der Waals surface area contributed by atoms with E-state index >= 15 is 0 Å². The maximum absolute atomic E-state index is 11.7. The van der Waals surface area contributed by atoms with E-state index in [1.807, 2.05) is 18.2 Å². The van der Waals surface area contributed by atoms with Crippen molar-refractivity contribution >= 4 is 11.7 Å². The van der Waals surface area contributed by atoms with Crippen LogP contribution in [-0.4, -0.2) is 29.6 Å². The number of carbonyl (C=O) groups is 1. The van der Waals surface area contributed by atoms with Gasteiger partial charge in [0.05, 0.1) is 6.61 Å². The minimum absolute atomic E-state index is 0.0565. The van der Waals surface area contributed by atoms with Crippen molar-refractivity contribution < 1.29 is 9.53 Å². The Hall–Kier alpha value is -1.55. The summed E-state index contributed by atoms with van der Waals surface area (Å²) >= 11 is 0. The van der Waals surface area contributed by atoms with Crippen molar-refractivity contribution in [3.05, 3.63) is 29.8 Å². The SMILES string of the molecule is Nc1cccc(CN(C2CC2)C2CCOC2=O)c1. The highest BCUT2D eigenvalue weighted by molar-refractivity contribution is 5.77. The Balaban J connectivity index is 1.76. The molecular weight excluding hydrogens is 228 g/mol. The molecule has 1 atom stereocenters. The minimum atomic E-state index is -0.0641. The molecular formula is C14H18N2O2. The van der Waals surface area contributed by atoms with Gasteiger partial charge < -0.3 is 10.5 Å². The van der Waals surface area contributed by atoms with Crippen LogP contribution in [0.4, 0.5) is 5.69 Å². The van der Waals surface area contributed by atoms with Gasteiger partial charge in [-0.3, -0.25) is 9.69 Å². The second kappa shape index (κ2) is 4.61. The Morgan fingerprint density at radius 1 is 1.33 bits per heavy atom. The van der Waals surface area contributed by atoms with E-state index in [0.717, 1.165) is 18.7 Å². The topological polar surface area (TPSA) is 55.6 Å². The Morgan fingerprint density at radius 3 is 2.78 bits per heavy atom. The fourth-order valence-electron chi connectivity index (χ4n) is 2.59. The number of rotatable bonds is 4. The number of cyclic esters (lactones) is 1. The van der Waals surface area contributed by atoms with Gasteiger partial charge in [-0.15, -0.1) is 0 Å². The van der Waals surface area contributed by atoms with Gasteiger partial charge in [0.1, 0.15) is 6.04 Å². The molecule has 3 rings (SSSR count). The summed E-state index contributed by atoms with van der Waals surface area (Å²) in [5.74, 6) is -0.0641. The maximum Gasteiger partial charge on any atom is 0.323 e. The van der Waals surface area contributed by atoms with Crippen molar-refractivity contribution in [2.75, 3.05) is 12.3 Å². The Morgan fingerprint density at radius 2 is 2.17 bits per heavy atom. The molecule has 1 saturated heterocycles. The van der Waals surface area contributed by atoms with Crippen LogP contribution in [0.3, 0.4) is 0 Å². The summed E-state index contributed by atoms with van der Waals surface area (Å²) < 4.78 is 5.08. The number of nitrogen functional groups attached to an aromatic ring is 1. The first-order valence-electron chi connectivity index (χ1n) is 6.51. The normalized spacial score (nSPS) is 23.4. The van der Waals surface area contributed by atoms with Gasteiger partial charge in [-0.25, -0.2) is 0 Å². The lowest BCUT2D eigenvalue weighted by molar-refractivity contribution is -0.142. The first-order chi connectivity index (χ1) is 8.74. The van der Waals surface area contributed by atoms with Crippen LogP contribution in [0.15, 0.2) is 24.3 Å². The fraction of sp³-hybridized carbons (Fsp3) is 0.500. The second-order valence-corrected chi connectivity index (χ2v) is 5.12. The van der Waals surface area contributed by atoms with Crippen molar-refractivity contribution in [1.29, 1.82) is 0 Å². The zero-order valence-electron chi connectivity index (χ0n) is 10.3. The van der Waals surface area contributed by atoms with Crippen LogP contribution in [0.5, 0.6) is 0 Å². The van der Waals surface area contributed by atoms with E-state index < -0.39 is 0 Å². The van der Waals surface area contributed by atoms with Crippen molar-refractivity contribution in [3.63, 3.8) is 0 Å². The average molecular weight is 246 g/mol. The third kappa shape index (κ3) is 2.34. The van der Waals surface area contributed by atoms with Gasteiger partial charge in [0.15, 0.2) is 0 Å². The van der Waals surface area contributed by atoms with E-state index in [9.17, 15) is 4.79 Å². The summed E-state index contributed by atoms with van der Waals surface area (Å²) in [4.78, 5) is 14.0. The van der Waals surface area contributed by atoms with Gasteiger partial charge in [0.2, 0.25) is 0 Å². The summed E-state index contributed by atoms with van der Waals surface area (Å²) in [5, 5.41) is 0. The standard InChI is InChI=1S/C14H18N2O2/c15-11-3-1-2-10(8-11)9-16(12-4-5-12)13-6-7-18-14(13)17/h1-3,8,12-13H,4-7,9,15H2. The summed E-state index contributed by atoms with van der Waals surface area (Å²) in [7, 11) is 0. The molecule has 0 spiro atoms. The van der Waals surface area contributed by atoms with Gasteiger partial charge >= 0.3 is 5.97 Å². The third-order valence-corrected chi connectivity index (χ3v) is 3.64. The molecule has 1 saturated carbocycles. The molecule has 0 radical (unpaired) electrons. The molecule has 2 fully saturated rings. The molecule has 0 amide bonds. The smallest absolute Gasteiger partial charge is 0.323 e. The van der Waals surface area contributed by atoms with Crippen LogP contribution in [0, 0.1) is 0 Å². The number of esters is 1. The zero-order valence-corrected chi connectivity index (χ0v) is 10.3. The van der Waals surface area contributed by atoms with Crippen molar-refractivity contribution in [2.24, 2.45) is 0 Å². The third-order valence-electron chi connectivity index (χ3n) is 3.64. The van der Waals surface area contributed by atoms with E-state index in [1.165, 1.54) is 18.4 Å². The van der Waals surface area contributed by atoms with Crippen LogP contribution in [-0.2, 0) is 16.1 Å². The highest BCUT2D eigenvalue weighted by Gasteiger charge is 2.40. The quantitative estimate of drug-likeness (QED) is 0.647. The monoisotopic (exact) mass is 246 g/mol. The number of hydrogen-bond donors (Lipinski definition) is 1. The van der Waals surface area contributed by atoms with Crippen LogP contribution in [0.2, 0.25) is 0 Å². The fourth-order valence-corrected chi connectivity index (χ4v) is 2.59. The lowest BCUT2D eigenvalue weighted by Crippen LogP contribution is -2.39. The van der Waals surface area contributed by atoms with Crippen LogP contribution in [0.25, 0.3) is 0 Å². The molecule has 4 heteroatoms. The summed E-state index contributed by atoms with van der Waals surface area (Å²) in [6, 6.07) is 8.38. The molecule has 0 aromatic heterocycles. The van der Waals surface area contributed by atoms with Crippen LogP contribution in [0.1, 0.15) is 24.8 Å². The van der Waals surface area contributed by atoms with Gasteiger partial charge in [-0.1, -0.05) is 12.1 Å². The molecule has 2 aliphatic rings. The molecule has 4 nitrogen and oxygen atoms in total. The highest BCUT2D eigenvalue weighted by Crippen LogP contribution is 2.32. The first-order valence-corrected chi connectivity index (χ1v) is 6.51. The summed E-state index contributed by atoms with van der Waals surface area (Å²) in [6.45, 7) is 1.35. The van der Waals surface area contributed by atoms with Gasteiger partial charge in [0, 0.05) is 24.7 Å². The molecule has 1 unspecified atom stereocenters. The molecule has 0 bridgehead atoms. The summed E-state index contributed by atoms with van der Waals surface area (Å²) in [5.41, 5.74) is 7.74. The number of anilines is 1. The predicted molar refractivity (Wildman–Crippen MR) is 68.8 cm³/mol. The molecule has 2 N–H and O–H groups in total. The van der Waals surface area contributed by atoms with Crippen molar-refractivity contribution in [3.8, 4) is 0 Å². The molecule has 96 valence electrons. The lowest BCUT2D eigenvalue weighted by Gasteiger charge is -2.26. The lowest BCUT2D eigenvalue weighted by atomic mass is 10.1. The van der Waals surface area contributed by atoms with Gasteiger partial charge in [-0.2, -0.15) is 0 Å². The predicted octanol–water partition coefficient (Wildman–Crippen LogP) is 1.55. The molecule has 1 aliphatic carbocycles. The zero-order chi connectivity index (χ0) is 12.5. The van der Waals surface area contributed by atoms with E-state index in [1.54, 1.807) is 0 Å². The maximum atomic E-state index is 11.7. The molecule has 1 aromatic carbocycles. The Kier molecular flexibility index (Phi) is 2.96. The number of ether oxygens (including phenoxy) is 1. The number of benzene rings is 1. The van der Waals surface area contributed by atoms with Crippen LogP contribution >= 0.6 is 0 Å². The van der Waals surface area contributed by atoms with E-state index in [0.29, 0.717) is 12.6 Å². The Labute approximate surface area is 107 Å². The molecule has 1 heterocycles. The van der Waals surface area contributed by atoms with Gasteiger partial charge in [0.25, 0.3) is 0 Å². The largest absolute Gasteiger partial charge is 0.464 e. The number of nitrogens with two attached hydrogens (primary N) is 1. The molecule has 1 aromatic rings. The average Bonchev–Trinajstić information content (AvgIpc) is 3.09. The van der Waals surface area contributed by atoms with E-state index in [4.69, 9.17) is 10.5 Å². The summed E-state index contributed by atoms with van der Waals surface area (Å²) in [6.07, 6.45) is 3.19. The number of nitrogens with zero attached hydrogens (tertiary/aromatic N) is 1. The van der Waals surface area contributed by atoms with Crippen molar-refractivity contribution in [1.82, 2.24) is 4.90 Å². The Bertz CT molecular complexity index is 457. The van der Waals surface area contributed by atoms with Crippen LogP contribution < -0.4 is 5.73 Å². The van der Waals surface area contributed by atoms with Crippen molar-refractivity contribution in [2.45, 2.75) is 37.9 Å². The number of hydrogen-bond acceptors (Lipinski definition) is 4. The minimum Gasteiger partial charge on any atom is -0.464 e. The first kappa shape index (κ1) is 11.5. The van der Waals surface area contributed by atoms with E-state index in [-0.39, 0.29) is 12.0 Å². The molecule has 1 aliphatic heterocycles. The van der Waals surface area contributed by atoms with E-state index in [2.05, 4.69) is 11.0 Å². The number of carbonyl (C=O) groups excluding carboxylic acids is 1. The molecule has 18 heavy (non-hydrogen) atoms. The highest BCUT2D eigenvalue weighted by atomic mass is 16.5.